The van der Waals surface area contributed by atoms with E-state index in [1.54, 1.807) is 7.05 Å². The Labute approximate surface area is 168 Å². The molecule has 28 heavy (non-hydrogen) atoms. The predicted octanol–water partition coefficient (Wildman–Crippen LogP) is 1.25. The molecule has 0 radical (unpaired) electrons. The van der Waals surface area contributed by atoms with Crippen LogP contribution >= 0.6 is 0 Å². The molecular formula is C18H33N5O4S. The zero-order valence-corrected chi connectivity index (χ0v) is 18.3. The van der Waals surface area contributed by atoms with Crippen LogP contribution in [0.1, 0.15) is 45.1 Å². The Hall–Kier alpha value is -1.65. The van der Waals surface area contributed by atoms with E-state index in [-0.39, 0.29) is 18.5 Å². The van der Waals surface area contributed by atoms with Gasteiger partial charge in [-0.25, -0.2) is 8.42 Å². The Bertz CT molecular complexity index is 737. The summed E-state index contributed by atoms with van der Waals surface area (Å²) >= 11 is 0. The summed E-state index contributed by atoms with van der Waals surface area (Å²) in [6.07, 6.45) is 0.0300. The van der Waals surface area contributed by atoms with Crippen molar-refractivity contribution in [3.8, 4) is 0 Å². The molecule has 0 bridgehead atoms. The average molecular weight is 416 g/mol. The van der Waals surface area contributed by atoms with Crippen LogP contribution in [0.25, 0.3) is 0 Å². The molecule has 1 saturated heterocycles. The molecule has 1 aliphatic rings. The van der Waals surface area contributed by atoms with Gasteiger partial charge in [0, 0.05) is 39.3 Å². The van der Waals surface area contributed by atoms with Gasteiger partial charge in [0.05, 0.1) is 30.7 Å². The Morgan fingerprint density at radius 2 is 1.96 bits per heavy atom. The number of rotatable bonds is 8. The van der Waals surface area contributed by atoms with Crippen LogP contribution in [0, 0.1) is 0 Å². The number of sulfonamides is 1. The minimum Gasteiger partial charge on any atom is -0.378 e. The van der Waals surface area contributed by atoms with Crippen molar-refractivity contribution in [2.24, 2.45) is 4.99 Å². The van der Waals surface area contributed by atoms with Gasteiger partial charge in [-0.05, 0) is 19.8 Å². The molecule has 0 amide bonds. The average Bonchev–Trinajstić information content (AvgIpc) is 3.11. The van der Waals surface area contributed by atoms with Crippen LogP contribution in [0.2, 0.25) is 0 Å². The van der Waals surface area contributed by atoms with E-state index in [4.69, 9.17) is 9.26 Å². The van der Waals surface area contributed by atoms with Crippen molar-refractivity contribution in [2.75, 3.05) is 45.6 Å². The van der Waals surface area contributed by atoms with Crippen LogP contribution in [0.3, 0.4) is 0 Å². The molecule has 0 unspecified atom stereocenters. The smallest absolute Gasteiger partial charge is 0.216 e. The SMILES string of the molecule is CN=C(NCc1cc(C(C)C)no1)N1CCN(S(=O)(=O)CCOC(C)C)CC1. The van der Waals surface area contributed by atoms with Gasteiger partial charge in [-0.1, -0.05) is 19.0 Å². The molecule has 9 nitrogen and oxygen atoms in total. The maximum Gasteiger partial charge on any atom is 0.216 e. The van der Waals surface area contributed by atoms with Crippen molar-refractivity contribution in [2.45, 2.75) is 46.3 Å². The minimum atomic E-state index is -3.30. The van der Waals surface area contributed by atoms with Gasteiger partial charge in [0.2, 0.25) is 10.0 Å². The zero-order valence-electron chi connectivity index (χ0n) is 17.5. The van der Waals surface area contributed by atoms with Crippen molar-refractivity contribution in [1.29, 1.82) is 0 Å². The van der Waals surface area contributed by atoms with Gasteiger partial charge in [-0.15, -0.1) is 0 Å². The molecule has 0 aromatic carbocycles. The van der Waals surface area contributed by atoms with Gasteiger partial charge >= 0.3 is 0 Å². The summed E-state index contributed by atoms with van der Waals surface area (Å²) in [5, 5.41) is 7.31. The number of hydrogen-bond acceptors (Lipinski definition) is 6. The standard InChI is InChI=1S/C18H33N5O4S/c1-14(2)17-12-16(27-21-17)13-20-18(19-5)22-6-8-23(9-7-22)28(24,25)11-10-26-15(3)4/h12,14-15H,6-11,13H2,1-5H3,(H,19,20). The predicted molar refractivity (Wildman–Crippen MR) is 109 cm³/mol. The second-order valence-corrected chi connectivity index (χ2v) is 9.48. The number of piperazine rings is 1. The lowest BCUT2D eigenvalue weighted by Crippen LogP contribution is -2.54. The van der Waals surface area contributed by atoms with E-state index >= 15 is 0 Å². The number of nitrogens with zero attached hydrogens (tertiary/aromatic N) is 4. The number of aliphatic imine (C=N–C) groups is 1. The first-order chi connectivity index (χ1) is 13.2. The molecule has 2 heterocycles. The lowest BCUT2D eigenvalue weighted by molar-refractivity contribution is 0.0904. The Balaban J connectivity index is 1.83. The lowest BCUT2D eigenvalue weighted by atomic mass is 10.1. The number of aromatic nitrogens is 1. The number of guanidine groups is 1. The zero-order chi connectivity index (χ0) is 20.7. The molecule has 1 aromatic heterocycles. The van der Waals surface area contributed by atoms with Gasteiger partial charge < -0.3 is 19.5 Å². The van der Waals surface area contributed by atoms with Crippen LogP contribution < -0.4 is 5.32 Å². The fraction of sp³-hybridized carbons (Fsp3) is 0.778. The summed E-state index contributed by atoms with van der Waals surface area (Å²) in [5.41, 5.74) is 0.923. The third kappa shape index (κ3) is 6.46. The van der Waals surface area contributed by atoms with Crippen LogP contribution in [-0.2, 0) is 21.3 Å². The van der Waals surface area contributed by atoms with Crippen molar-refractivity contribution >= 4 is 16.0 Å². The monoisotopic (exact) mass is 415 g/mol. The fourth-order valence-electron chi connectivity index (χ4n) is 2.88. The van der Waals surface area contributed by atoms with Crippen molar-refractivity contribution in [3.05, 3.63) is 17.5 Å². The molecule has 0 spiro atoms. The van der Waals surface area contributed by atoms with E-state index in [0.717, 1.165) is 17.4 Å². The first-order valence-corrected chi connectivity index (χ1v) is 11.3. The first kappa shape index (κ1) is 22.6. The highest BCUT2D eigenvalue weighted by Gasteiger charge is 2.28. The summed E-state index contributed by atoms with van der Waals surface area (Å²) in [6, 6.07) is 1.94. The third-order valence-electron chi connectivity index (χ3n) is 4.53. The quantitative estimate of drug-likeness (QED) is 0.504. The third-order valence-corrected chi connectivity index (χ3v) is 6.36. The molecule has 1 fully saturated rings. The van der Waals surface area contributed by atoms with Gasteiger partial charge in [0.25, 0.3) is 0 Å². The topological polar surface area (TPSA) is 100 Å². The summed E-state index contributed by atoms with van der Waals surface area (Å²) in [5.74, 6) is 1.80. The Kier molecular flexibility index (Phi) is 8.26. The maximum atomic E-state index is 12.4. The highest BCUT2D eigenvalue weighted by Crippen LogP contribution is 2.14. The molecule has 160 valence electrons. The fourth-order valence-corrected chi connectivity index (χ4v) is 4.16. The molecular weight excluding hydrogens is 382 g/mol. The summed E-state index contributed by atoms with van der Waals surface area (Å²) in [7, 11) is -1.58. The molecule has 2 rings (SSSR count). The first-order valence-electron chi connectivity index (χ1n) is 9.73. The molecule has 0 aliphatic carbocycles. The van der Waals surface area contributed by atoms with Crippen LogP contribution in [0.4, 0.5) is 0 Å². The van der Waals surface area contributed by atoms with E-state index in [2.05, 4.69) is 34.2 Å². The van der Waals surface area contributed by atoms with Crippen LogP contribution in [0.5, 0.6) is 0 Å². The van der Waals surface area contributed by atoms with Crippen molar-refractivity contribution in [1.82, 2.24) is 19.7 Å². The second kappa shape index (κ2) is 10.2. The van der Waals surface area contributed by atoms with E-state index < -0.39 is 10.0 Å². The van der Waals surface area contributed by atoms with Crippen molar-refractivity contribution in [3.63, 3.8) is 0 Å². The highest BCUT2D eigenvalue weighted by atomic mass is 32.2. The van der Waals surface area contributed by atoms with Gasteiger partial charge in [0.15, 0.2) is 11.7 Å². The Morgan fingerprint density at radius 1 is 1.29 bits per heavy atom. The summed E-state index contributed by atoms with van der Waals surface area (Å²) in [4.78, 5) is 6.36. The van der Waals surface area contributed by atoms with E-state index in [1.807, 2.05) is 19.9 Å². The van der Waals surface area contributed by atoms with E-state index in [9.17, 15) is 8.42 Å². The molecule has 1 N–H and O–H groups in total. The van der Waals surface area contributed by atoms with Gasteiger partial charge in [0.1, 0.15) is 0 Å². The van der Waals surface area contributed by atoms with E-state index in [0.29, 0.717) is 38.6 Å². The Morgan fingerprint density at radius 3 is 2.50 bits per heavy atom. The molecule has 1 aromatic rings. The summed E-state index contributed by atoms with van der Waals surface area (Å²) in [6.45, 7) is 10.7. The highest BCUT2D eigenvalue weighted by molar-refractivity contribution is 7.89. The van der Waals surface area contributed by atoms with Crippen LogP contribution in [-0.4, -0.2) is 80.4 Å². The lowest BCUT2D eigenvalue weighted by Gasteiger charge is -2.35. The van der Waals surface area contributed by atoms with Gasteiger partial charge in [-0.3, -0.25) is 4.99 Å². The maximum absolute atomic E-state index is 12.4. The normalized spacial score (nSPS) is 17.0. The van der Waals surface area contributed by atoms with Gasteiger partial charge in [-0.2, -0.15) is 4.31 Å². The number of hydrogen-bond donors (Lipinski definition) is 1. The molecule has 0 atom stereocenters. The largest absolute Gasteiger partial charge is 0.378 e. The number of ether oxygens (including phenoxy) is 1. The van der Waals surface area contributed by atoms with E-state index in [1.165, 1.54) is 4.31 Å². The molecule has 10 heteroatoms. The molecule has 0 saturated carbocycles. The summed E-state index contributed by atoms with van der Waals surface area (Å²) < 4.78 is 37.1. The second-order valence-electron chi connectivity index (χ2n) is 7.40. The minimum absolute atomic E-state index is 0.0157. The van der Waals surface area contributed by atoms with Crippen LogP contribution in [0.15, 0.2) is 15.6 Å². The number of nitrogens with one attached hydrogen (secondary N) is 1. The van der Waals surface area contributed by atoms with Crippen molar-refractivity contribution < 1.29 is 17.7 Å². The molecule has 1 aliphatic heterocycles.